The Balaban J connectivity index is 1.69. The largest absolute Gasteiger partial charge is 0.459 e. The van der Waals surface area contributed by atoms with E-state index in [1.54, 1.807) is 0 Å². The summed E-state index contributed by atoms with van der Waals surface area (Å²) in [6, 6.07) is 2.40. The van der Waals surface area contributed by atoms with Crippen LogP contribution in [0.1, 0.15) is 6.42 Å². The van der Waals surface area contributed by atoms with Gasteiger partial charge in [-0.2, -0.15) is 13.8 Å². The van der Waals surface area contributed by atoms with Crippen molar-refractivity contribution in [2.75, 3.05) is 18.8 Å². The van der Waals surface area contributed by atoms with Gasteiger partial charge in [0.25, 0.3) is 0 Å². The highest BCUT2D eigenvalue weighted by Crippen LogP contribution is 2.35. The average Bonchev–Trinajstić information content (AvgIpc) is 3.19. The molecule has 0 unspecified atom stereocenters. The molecule has 1 fully saturated rings. The predicted octanol–water partition coefficient (Wildman–Crippen LogP) is 2.80. The molecule has 0 amide bonds. The highest BCUT2D eigenvalue weighted by Gasteiger charge is 2.21. The minimum absolute atomic E-state index is 0.0229. The van der Waals surface area contributed by atoms with E-state index >= 15 is 0 Å². The first-order chi connectivity index (χ1) is 13.9. The molecule has 12 heteroatoms. The van der Waals surface area contributed by atoms with Crippen molar-refractivity contribution in [1.82, 2.24) is 25.3 Å². The zero-order valence-corrected chi connectivity index (χ0v) is 15.5. The monoisotopic (exact) mass is 426 g/mol. The first kappa shape index (κ1) is 19.4. The molecule has 2 aromatic heterocycles. The first-order valence-corrected chi connectivity index (χ1v) is 8.91. The van der Waals surface area contributed by atoms with Crippen LogP contribution in [0, 0.1) is 5.82 Å². The number of rotatable bonds is 5. The molecule has 1 saturated heterocycles. The number of fused-ring (bicyclic) bond motifs is 1. The summed E-state index contributed by atoms with van der Waals surface area (Å²) in [7, 11) is 0. The Hall–Kier alpha value is -2.92. The minimum atomic E-state index is -3.14. The number of anilines is 1. The van der Waals surface area contributed by atoms with Crippen LogP contribution in [0.5, 0.6) is 11.8 Å². The number of aromatic nitrogens is 4. The van der Waals surface area contributed by atoms with Crippen molar-refractivity contribution in [3.05, 3.63) is 29.2 Å². The normalized spacial score (nSPS) is 16.5. The maximum Gasteiger partial charge on any atom is 0.387 e. The van der Waals surface area contributed by atoms with Gasteiger partial charge in [0.1, 0.15) is 27.9 Å². The van der Waals surface area contributed by atoms with E-state index in [9.17, 15) is 13.2 Å². The molecule has 0 bridgehead atoms. The number of hydrogen-bond donors (Lipinski definition) is 2. The molecule has 0 saturated carbocycles. The fourth-order valence-corrected chi connectivity index (χ4v) is 3.09. The Kier molecular flexibility index (Phi) is 5.24. The molecule has 29 heavy (non-hydrogen) atoms. The van der Waals surface area contributed by atoms with Gasteiger partial charge in [-0.1, -0.05) is 11.6 Å². The Morgan fingerprint density at radius 2 is 2.07 bits per heavy atom. The van der Waals surface area contributed by atoms with Crippen LogP contribution in [0.25, 0.3) is 22.4 Å². The van der Waals surface area contributed by atoms with Gasteiger partial charge < -0.3 is 20.5 Å². The summed E-state index contributed by atoms with van der Waals surface area (Å²) >= 11 is 5.79. The van der Waals surface area contributed by atoms with Crippen molar-refractivity contribution < 1.29 is 22.6 Å². The van der Waals surface area contributed by atoms with Gasteiger partial charge in [-0.15, -0.1) is 0 Å². The molecule has 3 N–H and O–H groups in total. The van der Waals surface area contributed by atoms with E-state index in [0.717, 1.165) is 19.0 Å². The molecule has 8 nitrogen and oxygen atoms in total. The Labute approximate surface area is 167 Å². The van der Waals surface area contributed by atoms with Gasteiger partial charge in [-0.3, -0.25) is 0 Å². The van der Waals surface area contributed by atoms with E-state index < -0.39 is 23.2 Å². The Bertz CT molecular complexity index is 1070. The van der Waals surface area contributed by atoms with E-state index in [4.69, 9.17) is 22.1 Å². The smallest absolute Gasteiger partial charge is 0.387 e. The van der Waals surface area contributed by atoms with E-state index in [1.807, 2.05) is 0 Å². The van der Waals surface area contributed by atoms with Crippen LogP contribution in [0.3, 0.4) is 0 Å². The molecule has 1 atom stereocenters. The topological polar surface area (TPSA) is 108 Å². The third-order valence-electron chi connectivity index (χ3n) is 4.23. The number of nitrogens with two attached hydrogens (primary N) is 1. The lowest BCUT2D eigenvalue weighted by Gasteiger charge is -2.12. The number of alkyl halides is 2. The quantitative estimate of drug-likeness (QED) is 0.641. The fourth-order valence-electron chi connectivity index (χ4n) is 2.88. The van der Waals surface area contributed by atoms with E-state index in [1.165, 1.54) is 12.3 Å². The minimum Gasteiger partial charge on any atom is -0.459 e. The second kappa shape index (κ2) is 7.84. The van der Waals surface area contributed by atoms with Crippen molar-refractivity contribution in [2.45, 2.75) is 19.1 Å². The van der Waals surface area contributed by atoms with Gasteiger partial charge in [-0.25, -0.2) is 19.3 Å². The molecule has 1 aliphatic heterocycles. The lowest BCUT2D eigenvalue weighted by molar-refractivity contribution is -0.0499. The summed E-state index contributed by atoms with van der Waals surface area (Å²) in [5, 5.41) is 2.55. The number of nitrogens with zero attached hydrogens (tertiary/aromatic N) is 4. The molecular formula is C17H14ClF3N6O2. The fraction of sp³-hybridized carbons (Fsp3) is 0.294. The van der Waals surface area contributed by atoms with E-state index in [-0.39, 0.29) is 40.4 Å². The third kappa shape index (κ3) is 3.96. The summed E-state index contributed by atoms with van der Waals surface area (Å²) in [5.74, 6) is -1.64. The third-order valence-corrected chi connectivity index (χ3v) is 4.59. The maximum absolute atomic E-state index is 14.6. The van der Waals surface area contributed by atoms with Crippen molar-refractivity contribution in [3.63, 3.8) is 0 Å². The van der Waals surface area contributed by atoms with Gasteiger partial charge in [0.15, 0.2) is 17.5 Å². The standard InChI is InChI=1S/C17H14ClF3N6O2/c18-11-10(29-16(20)21)2-1-8(12(11)19)15-25-9-6-24-17(26-13(9)14(22)27-15)28-7-3-4-23-5-7/h1-2,6-7,16,23H,3-5H2,(H2,22,25,27)/t7-/m0/s1. The van der Waals surface area contributed by atoms with E-state index in [0.29, 0.717) is 6.54 Å². The lowest BCUT2D eigenvalue weighted by atomic mass is 10.2. The number of halogens is 4. The molecule has 3 heterocycles. The Morgan fingerprint density at radius 1 is 1.24 bits per heavy atom. The van der Waals surface area contributed by atoms with Gasteiger partial charge in [0, 0.05) is 6.54 Å². The van der Waals surface area contributed by atoms with Crippen LogP contribution < -0.4 is 20.5 Å². The summed E-state index contributed by atoms with van der Waals surface area (Å²) in [5.41, 5.74) is 6.33. The van der Waals surface area contributed by atoms with Gasteiger partial charge in [-0.05, 0) is 25.1 Å². The van der Waals surface area contributed by atoms with Gasteiger partial charge in [0.2, 0.25) is 0 Å². The highest BCUT2D eigenvalue weighted by atomic mass is 35.5. The summed E-state index contributed by atoms with van der Waals surface area (Å²) in [4.78, 5) is 16.6. The number of hydrogen-bond acceptors (Lipinski definition) is 8. The molecule has 0 spiro atoms. The predicted molar refractivity (Wildman–Crippen MR) is 98.5 cm³/mol. The SMILES string of the molecule is Nc1nc(-c2ccc(OC(F)F)c(Cl)c2F)nc2cnc(O[C@H]3CCNC3)nc12. The van der Waals surface area contributed by atoms with Crippen LogP contribution in [0.2, 0.25) is 5.02 Å². The second-order valence-electron chi connectivity index (χ2n) is 6.17. The van der Waals surface area contributed by atoms with Crippen molar-refractivity contribution in [3.8, 4) is 23.1 Å². The second-order valence-corrected chi connectivity index (χ2v) is 6.55. The summed E-state index contributed by atoms with van der Waals surface area (Å²) in [6.07, 6.45) is 2.17. The Morgan fingerprint density at radius 3 is 2.79 bits per heavy atom. The zero-order chi connectivity index (χ0) is 20.5. The number of ether oxygens (including phenoxy) is 2. The molecule has 4 rings (SSSR count). The lowest BCUT2D eigenvalue weighted by Crippen LogP contribution is -2.20. The molecule has 3 aromatic rings. The van der Waals surface area contributed by atoms with Crippen LogP contribution in [0.15, 0.2) is 18.3 Å². The average molecular weight is 427 g/mol. The van der Waals surface area contributed by atoms with Gasteiger partial charge in [0.05, 0.1) is 11.8 Å². The number of nitrogen functional groups attached to an aromatic ring is 1. The van der Waals surface area contributed by atoms with Crippen LogP contribution in [-0.2, 0) is 0 Å². The van der Waals surface area contributed by atoms with Crippen LogP contribution >= 0.6 is 11.6 Å². The number of nitrogens with one attached hydrogen (secondary N) is 1. The van der Waals surface area contributed by atoms with Crippen molar-refractivity contribution in [1.29, 1.82) is 0 Å². The maximum atomic E-state index is 14.6. The molecule has 1 aromatic carbocycles. The summed E-state index contributed by atoms with van der Waals surface area (Å²) in [6.45, 7) is -1.60. The molecule has 152 valence electrons. The van der Waals surface area contributed by atoms with E-state index in [2.05, 4.69) is 30.0 Å². The molecule has 0 aliphatic carbocycles. The highest BCUT2D eigenvalue weighted by molar-refractivity contribution is 6.32. The summed E-state index contributed by atoms with van der Waals surface area (Å²) < 4.78 is 49.2. The first-order valence-electron chi connectivity index (χ1n) is 8.53. The zero-order valence-electron chi connectivity index (χ0n) is 14.7. The molecular weight excluding hydrogens is 413 g/mol. The molecule has 1 aliphatic rings. The van der Waals surface area contributed by atoms with Crippen molar-refractivity contribution in [2.24, 2.45) is 0 Å². The van der Waals surface area contributed by atoms with Crippen molar-refractivity contribution >= 4 is 28.5 Å². The van der Waals surface area contributed by atoms with Crippen LogP contribution in [0.4, 0.5) is 19.0 Å². The molecule has 0 radical (unpaired) electrons. The number of benzene rings is 1. The van der Waals surface area contributed by atoms with Gasteiger partial charge >= 0.3 is 12.6 Å². The van der Waals surface area contributed by atoms with Crippen LogP contribution in [-0.4, -0.2) is 45.7 Å².